The highest BCUT2D eigenvalue weighted by Crippen LogP contribution is 2.39. The number of hydrogen-bond donors (Lipinski definition) is 1. The number of rotatable bonds is 7. The first-order valence-corrected chi connectivity index (χ1v) is 12.5. The zero-order valence-electron chi connectivity index (χ0n) is 17.5. The van der Waals surface area contributed by atoms with Gasteiger partial charge in [0.25, 0.3) is 0 Å². The summed E-state index contributed by atoms with van der Waals surface area (Å²) >= 11 is 2.90. The number of aromatic nitrogens is 3. The maximum Gasteiger partial charge on any atom is 0.341 e. The Labute approximate surface area is 185 Å². The number of methoxy groups -OCH3 is 1. The third-order valence-electron chi connectivity index (χ3n) is 5.93. The number of fused-ring (bicyclic) bond motifs is 1. The first-order valence-electron chi connectivity index (χ1n) is 10.7. The maximum atomic E-state index is 12.6. The first kappa shape index (κ1) is 21.4. The molecule has 4 rings (SSSR count). The first-order chi connectivity index (χ1) is 14.6. The van der Waals surface area contributed by atoms with Crippen molar-refractivity contribution in [2.75, 3.05) is 18.2 Å². The van der Waals surface area contributed by atoms with Gasteiger partial charge in [0.1, 0.15) is 10.8 Å². The van der Waals surface area contributed by atoms with E-state index in [-0.39, 0.29) is 17.6 Å². The van der Waals surface area contributed by atoms with Crippen LogP contribution in [0.1, 0.15) is 78.0 Å². The molecule has 30 heavy (non-hydrogen) atoms. The van der Waals surface area contributed by atoms with Crippen molar-refractivity contribution >= 4 is 40.0 Å². The fourth-order valence-corrected chi connectivity index (χ4v) is 6.57. The third kappa shape index (κ3) is 4.27. The van der Waals surface area contributed by atoms with Gasteiger partial charge in [-0.3, -0.25) is 4.79 Å². The summed E-state index contributed by atoms with van der Waals surface area (Å²) in [6, 6.07) is 0. The van der Waals surface area contributed by atoms with Crippen molar-refractivity contribution in [3.63, 3.8) is 0 Å². The second kappa shape index (κ2) is 9.51. The largest absolute Gasteiger partial charge is 0.465 e. The Morgan fingerprint density at radius 2 is 2.00 bits per heavy atom. The molecule has 0 atom stereocenters. The molecule has 2 aliphatic rings. The standard InChI is InChI=1S/C21H28N4O3S2/c1-3-25-18(13-8-5-4-6-9-13)23-24-21(25)29-12-16(26)22-19-17(20(27)28-2)14-10-7-11-15(14)30-19/h13H,3-12H2,1-2H3,(H,22,26). The van der Waals surface area contributed by atoms with Crippen molar-refractivity contribution in [3.05, 3.63) is 21.8 Å². The number of nitrogens with one attached hydrogen (secondary N) is 1. The molecule has 0 bridgehead atoms. The predicted molar refractivity (Wildman–Crippen MR) is 119 cm³/mol. The van der Waals surface area contributed by atoms with Crippen LogP contribution in [-0.4, -0.2) is 39.5 Å². The number of thiophene rings is 1. The summed E-state index contributed by atoms with van der Waals surface area (Å²) in [5, 5.41) is 13.2. The monoisotopic (exact) mass is 448 g/mol. The number of aryl methyl sites for hydroxylation is 1. The number of amides is 1. The Hall–Kier alpha value is -1.87. The lowest BCUT2D eigenvalue weighted by molar-refractivity contribution is -0.113. The van der Waals surface area contributed by atoms with Crippen LogP contribution in [0.5, 0.6) is 0 Å². The second-order valence-corrected chi connectivity index (χ2v) is 9.86. The van der Waals surface area contributed by atoms with Gasteiger partial charge in [0.15, 0.2) is 5.16 Å². The van der Waals surface area contributed by atoms with Gasteiger partial charge >= 0.3 is 5.97 Å². The van der Waals surface area contributed by atoms with Crippen LogP contribution in [0.15, 0.2) is 5.16 Å². The zero-order chi connectivity index (χ0) is 21.1. The van der Waals surface area contributed by atoms with Gasteiger partial charge in [-0.2, -0.15) is 0 Å². The molecule has 0 spiro atoms. The maximum absolute atomic E-state index is 12.6. The van der Waals surface area contributed by atoms with Gasteiger partial charge in [0.2, 0.25) is 5.91 Å². The van der Waals surface area contributed by atoms with E-state index >= 15 is 0 Å². The van der Waals surface area contributed by atoms with Crippen LogP contribution >= 0.6 is 23.1 Å². The number of carbonyl (C=O) groups excluding carboxylic acids is 2. The molecule has 0 aliphatic heterocycles. The zero-order valence-corrected chi connectivity index (χ0v) is 19.2. The molecule has 162 valence electrons. The van der Waals surface area contributed by atoms with E-state index in [1.165, 1.54) is 67.2 Å². The summed E-state index contributed by atoms with van der Waals surface area (Å²) in [5.41, 5.74) is 1.57. The Bertz CT molecular complexity index is 931. The SMILES string of the molecule is CCn1c(SCC(=O)Nc2sc3c(c2C(=O)OC)CCC3)nnc1C1CCCCC1. The molecule has 2 aliphatic carbocycles. The van der Waals surface area contributed by atoms with Crippen molar-refractivity contribution in [2.45, 2.75) is 75.9 Å². The number of ether oxygens (including phenoxy) is 1. The van der Waals surface area contributed by atoms with Crippen LogP contribution in [-0.2, 0) is 28.9 Å². The highest BCUT2D eigenvalue weighted by atomic mass is 32.2. The van der Waals surface area contributed by atoms with Crippen LogP contribution < -0.4 is 5.32 Å². The summed E-state index contributed by atoms with van der Waals surface area (Å²) in [7, 11) is 1.38. The average molecular weight is 449 g/mol. The Balaban J connectivity index is 1.42. The smallest absolute Gasteiger partial charge is 0.341 e. The minimum absolute atomic E-state index is 0.144. The van der Waals surface area contributed by atoms with Crippen molar-refractivity contribution in [1.82, 2.24) is 14.8 Å². The van der Waals surface area contributed by atoms with E-state index in [4.69, 9.17) is 4.74 Å². The number of thioether (sulfide) groups is 1. The van der Waals surface area contributed by atoms with Crippen LogP contribution in [0, 0.1) is 0 Å². The van der Waals surface area contributed by atoms with Crippen LogP contribution in [0.25, 0.3) is 0 Å². The molecule has 1 fully saturated rings. The molecule has 2 heterocycles. The topological polar surface area (TPSA) is 86.1 Å². The van der Waals surface area contributed by atoms with Crippen molar-refractivity contribution in [1.29, 1.82) is 0 Å². The highest BCUT2D eigenvalue weighted by molar-refractivity contribution is 7.99. The molecular weight excluding hydrogens is 420 g/mol. The van der Waals surface area contributed by atoms with Crippen molar-refractivity contribution in [3.8, 4) is 0 Å². The summed E-state index contributed by atoms with van der Waals surface area (Å²) in [6.45, 7) is 2.89. The number of carbonyl (C=O) groups is 2. The molecule has 9 heteroatoms. The molecule has 1 amide bonds. The van der Waals surface area contributed by atoms with Gasteiger partial charge in [-0.05, 0) is 44.6 Å². The van der Waals surface area contributed by atoms with Gasteiger partial charge in [0.05, 0.1) is 18.4 Å². The van der Waals surface area contributed by atoms with Gasteiger partial charge in [-0.25, -0.2) is 4.79 Å². The Morgan fingerprint density at radius 1 is 1.20 bits per heavy atom. The summed E-state index contributed by atoms with van der Waals surface area (Å²) in [6.07, 6.45) is 9.01. The molecule has 2 aromatic rings. The molecule has 7 nitrogen and oxygen atoms in total. The fourth-order valence-electron chi connectivity index (χ4n) is 4.47. The minimum atomic E-state index is -0.375. The van der Waals surface area contributed by atoms with E-state index in [1.54, 1.807) is 0 Å². The van der Waals surface area contributed by atoms with Crippen molar-refractivity contribution < 1.29 is 14.3 Å². The van der Waals surface area contributed by atoms with E-state index in [0.717, 1.165) is 42.4 Å². The fraction of sp³-hybridized carbons (Fsp3) is 0.619. The molecule has 1 saturated carbocycles. The lowest BCUT2D eigenvalue weighted by Crippen LogP contribution is -2.17. The van der Waals surface area contributed by atoms with Gasteiger partial charge < -0.3 is 14.6 Å². The van der Waals surface area contributed by atoms with E-state index in [2.05, 4.69) is 27.0 Å². The number of nitrogens with zero attached hydrogens (tertiary/aromatic N) is 3. The summed E-state index contributed by atoms with van der Waals surface area (Å²) < 4.78 is 7.10. The number of anilines is 1. The van der Waals surface area contributed by atoms with Crippen molar-refractivity contribution in [2.24, 2.45) is 0 Å². The predicted octanol–water partition coefficient (Wildman–Crippen LogP) is 4.41. The molecule has 0 unspecified atom stereocenters. The molecular formula is C21H28N4O3S2. The highest BCUT2D eigenvalue weighted by Gasteiger charge is 2.28. The quantitative estimate of drug-likeness (QED) is 0.499. The normalized spacial score (nSPS) is 16.5. The molecule has 0 radical (unpaired) electrons. The van der Waals surface area contributed by atoms with Crippen LogP contribution in [0.2, 0.25) is 0 Å². The Kier molecular flexibility index (Phi) is 6.77. The summed E-state index contributed by atoms with van der Waals surface area (Å²) in [4.78, 5) is 26.1. The van der Waals surface area contributed by atoms with E-state index in [0.29, 0.717) is 16.5 Å². The lowest BCUT2D eigenvalue weighted by atomic mass is 9.89. The average Bonchev–Trinajstić information content (AvgIpc) is 3.46. The van der Waals surface area contributed by atoms with E-state index in [1.807, 2.05) is 0 Å². The van der Waals surface area contributed by atoms with Gasteiger partial charge in [-0.1, -0.05) is 31.0 Å². The van der Waals surface area contributed by atoms with Gasteiger partial charge in [0, 0.05) is 17.3 Å². The number of esters is 1. The molecule has 2 aromatic heterocycles. The molecule has 1 N–H and O–H groups in total. The van der Waals surface area contributed by atoms with E-state index < -0.39 is 0 Å². The lowest BCUT2D eigenvalue weighted by Gasteiger charge is -2.21. The minimum Gasteiger partial charge on any atom is -0.465 e. The van der Waals surface area contributed by atoms with Crippen LogP contribution in [0.4, 0.5) is 5.00 Å². The van der Waals surface area contributed by atoms with E-state index in [9.17, 15) is 9.59 Å². The molecule has 0 saturated heterocycles. The number of hydrogen-bond acceptors (Lipinski definition) is 7. The molecule has 0 aromatic carbocycles. The van der Waals surface area contributed by atoms with Crippen LogP contribution in [0.3, 0.4) is 0 Å². The summed E-state index contributed by atoms with van der Waals surface area (Å²) in [5.74, 6) is 1.25. The third-order valence-corrected chi connectivity index (χ3v) is 8.10. The van der Waals surface area contributed by atoms with Gasteiger partial charge in [-0.15, -0.1) is 21.5 Å². The second-order valence-electron chi connectivity index (χ2n) is 7.81. The Morgan fingerprint density at radius 3 is 2.73 bits per heavy atom.